The van der Waals surface area contributed by atoms with Gasteiger partial charge >= 0.3 is 0 Å². The lowest BCUT2D eigenvalue weighted by Gasteiger charge is -2.19. The van der Waals surface area contributed by atoms with Crippen molar-refractivity contribution in [2.45, 2.75) is 44.0 Å². The molecule has 1 aromatic rings. The van der Waals surface area contributed by atoms with E-state index in [2.05, 4.69) is 10.0 Å². The van der Waals surface area contributed by atoms with E-state index in [9.17, 15) is 8.42 Å². The predicted molar refractivity (Wildman–Crippen MR) is 82.4 cm³/mol. The number of hydrogen-bond donors (Lipinski definition) is 2. The molecule has 2 N–H and O–H groups in total. The van der Waals surface area contributed by atoms with Crippen molar-refractivity contribution < 1.29 is 8.42 Å². The van der Waals surface area contributed by atoms with Crippen LogP contribution in [0.2, 0.25) is 5.02 Å². The second-order valence-electron chi connectivity index (χ2n) is 5.43. The standard InChI is InChI=1S/C14H21ClN2O2S/c1-10(9-16-14-6-7-14)20(18,19)17-11(2)12-4-3-5-13(15)8-12/h3-5,8,10-11,14,16-17H,6-7,9H2,1-2H3. The van der Waals surface area contributed by atoms with Gasteiger partial charge in [-0.15, -0.1) is 0 Å². The summed E-state index contributed by atoms with van der Waals surface area (Å²) >= 11 is 5.93. The molecule has 0 saturated heterocycles. The summed E-state index contributed by atoms with van der Waals surface area (Å²) in [5, 5.41) is 3.40. The maximum Gasteiger partial charge on any atom is 0.216 e. The highest BCUT2D eigenvalue weighted by Crippen LogP contribution is 2.20. The molecule has 6 heteroatoms. The summed E-state index contributed by atoms with van der Waals surface area (Å²) in [4.78, 5) is 0. The fraction of sp³-hybridized carbons (Fsp3) is 0.571. The number of hydrogen-bond acceptors (Lipinski definition) is 3. The van der Waals surface area contributed by atoms with Gasteiger partial charge in [-0.05, 0) is 44.4 Å². The molecule has 2 unspecified atom stereocenters. The van der Waals surface area contributed by atoms with Gasteiger partial charge in [0.15, 0.2) is 0 Å². The average molecular weight is 317 g/mol. The monoisotopic (exact) mass is 316 g/mol. The summed E-state index contributed by atoms with van der Waals surface area (Å²) in [6.07, 6.45) is 2.30. The zero-order valence-electron chi connectivity index (χ0n) is 11.8. The molecule has 2 rings (SSSR count). The highest BCUT2D eigenvalue weighted by Gasteiger charge is 2.26. The summed E-state index contributed by atoms with van der Waals surface area (Å²) in [6, 6.07) is 7.46. The quantitative estimate of drug-likeness (QED) is 0.812. The second kappa shape index (κ2) is 6.43. The zero-order valence-corrected chi connectivity index (χ0v) is 13.3. The number of sulfonamides is 1. The summed E-state index contributed by atoms with van der Waals surface area (Å²) in [6.45, 7) is 4.04. The van der Waals surface area contributed by atoms with Crippen molar-refractivity contribution in [2.24, 2.45) is 0 Å². The Labute approximate surface area is 126 Å². The van der Waals surface area contributed by atoms with Gasteiger partial charge in [0.2, 0.25) is 10.0 Å². The Morgan fingerprint density at radius 3 is 2.65 bits per heavy atom. The van der Waals surface area contributed by atoms with E-state index in [0.29, 0.717) is 17.6 Å². The van der Waals surface area contributed by atoms with E-state index in [0.717, 1.165) is 18.4 Å². The fourth-order valence-corrected chi connectivity index (χ4v) is 3.31. The van der Waals surface area contributed by atoms with Crippen LogP contribution in [0.25, 0.3) is 0 Å². The normalized spacial score (nSPS) is 18.8. The van der Waals surface area contributed by atoms with Crippen LogP contribution < -0.4 is 10.0 Å². The SMILES string of the molecule is CC(NS(=O)(=O)C(C)CNC1CC1)c1cccc(Cl)c1. The maximum absolute atomic E-state index is 12.2. The Bertz CT molecular complexity index is 558. The highest BCUT2D eigenvalue weighted by atomic mass is 35.5. The fourth-order valence-electron chi connectivity index (χ4n) is 1.94. The van der Waals surface area contributed by atoms with Crippen LogP contribution >= 0.6 is 11.6 Å². The zero-order chi connectivity index (χ0) is 14.8. The van der Waals surface area contributed by atoms with Gasteiger partial charge in [-0.2, -0.15) is 0 Å². The minimum absolute atomic E-state index is 0.290. The molecule has 1 aliphatic rings. The van der Waals surface area contributed by atoms with Gasteiger partial charge in [-0.25, -0.2) is 13.1 Å². The molecule has 0 aliphatic heterocycles. The first kappa shape index (κ1) is 15.8. The molecule has 112 valence electrons. The van der Waals surface area contributed by atoms with Gasteiger partial charge in [0.05, 0.1) is 5.25 Å². The van der Waals surface area contributed by atoms with Crippen molar-refractivity contribution in [3.8, 4) is 0 Å². The van der Waals surface area contributed by atoms with Gasteiger partial charge in [0.25, 0.3) is 0 Å². The smallest absolute Gasteiger partial charge is 0.216 e. The first-order valence-corrected chi connectivity index (χ1v) is 8.81. The summed E-state index contributed by atoms with van der Waals surface area (Å²) < 4.78 is 27.2. The van der Waals surface area contributed by atoms with Crippen LogP contribution in [0.1, 0.15) is 38.3 Å². The summed E-state index contributed by atoms with van der Waals surface area (Å²) in [5.41, 5.74) is 0.864. The molecule has 0 heterocycles. The summed E-state index contributed by atoms with van der Waals surface area (Å²) in [5.74, 6) is 0. The van der Waals surface area contributed by atoms with Crippen LogP contribution in [0, 0.1) is 0 Å². The van der Waals surface area contributed by atoms with Crippen LogP contribution in [0.5, 0.6) is 0 Å². The molecular weight excluding hydrogens is 296 g/mol. The Balaban J connectivity index is 1.95. The average Bonchev–Trinajstić information content (AvgIpc) is 3.19. The lowest BCUT2D eigenvalue weighted by atomic mass is 10.1. The van der Waals surface area contributed by atoms with E-state index < -0.39 is 15.3 Å². The number of rotatable bonds is 7. The van der Waals surface area contributed by atoms with Crippen molar-refractivity contribution in [3.63, 3.8) is 0 Å². The Morgan fingerprint density at radius 1 is 1.35 bits per heavy atom. The van der Waals surface area contributed by atoms with E-state index in [-0.39, 0.29) is 6.04 Å². The molecular formula is C14H21ClN2O2S. The molecule has 0 amide bonds. The van der Waals surface area contributed by atoms with Gasteiger partial charge < -0.3 is 5.32 Å². The molecule has 0 radical (unpaired) electrons. The van der Waals surface area contributed by atoms with Crippen molar-refractivity contribution >= 4 is 21.6 Å². The molecule has 1 aromatic carbocycles. The van der Waals surface area contributed by atoms with Crippen LogP contribution in [-0.2, 0) is 10.0 Å². The van der Waals surface area contributed by atoms with Crippen LogP contribution in [0.4, 0.5) is 0 Å². The van der Waals surface area contributed by atoms with Gasteiger partial charge in [0, 0.05) is 23.7 Å². The van der Waals surface area contributed by atoms with Crippen molar-refractivity contribution in [3.05, 3.63) is 34.9 Å². The third-order valence-corrected chi connectivity index (χ3v) is 5.63. The Kier molecular flexibility index (Phi) is 5.07. The first-order valence-electron chi connectivity index (χ1n) is 6.88. The number of halogens is 1. The van der Waals surface area contributed by atoms with E-state index >= 15 is 0 Å². The predicted octanol–water partition coefficient (Wildman–Crippen LogP) is 2.46. The molecule has 1 saturated carbocycles. The Morgan fingerprint density at radius 2 is 2.05 bits per heavy atom. The largest absolute Gasteiger partial charge is 0.313 e. The Hall–Kier alpha value is -0.620. The van der Waals surface area contributed by atoms with E-state index in [4.69, 9.17) is 11.6 Å². The molecule has 2 atom stereocenters. The minimum Gasteiger partial charge on any atom is -0.313 e. The molecule has 20 heavy (non-hydrogen) atoms. The van der Waals surface area contributed by atoms with Crippen molar-refractivity contribution in [2.75, 3.05) is 6.54 Å². The second-order valence-corrected chi connectivity index (χ2v) is 8.00. The van der Waals surface area contributed by atoms with Crippen molar-refractivity contribution in [1.29, 1.82) is 0 Å². The van der Waals surface area contributed by atoms with Gasteiger partial charge in [-0.3, -0.25) is 0 Å². The van der Waals surface area contributed by atoms with Gasteiger partial charge in [-0.1, -0.05) is 23.7 Å². The number of nitrogens with one attached hydrogen (secondary N) is 2. The van der Waals surface area contributed by atoms with E-state index in [1.54, 1.807) is 19.1 Å². The third kappa shape index (κ3) is 4.45. The van der Waals surface area contributed by atoms with Gasteiger partial charge in [0.1, 0.15) is 0 Å². The third-order valence-electron chi connectivity index (χ3n) is 3.49. The highest BCUT2D eigenvalue weighted by molar-refractivity contribution is 7.90. The first-order chi connectivity index (χ1) is 9.38. The molecule has 1 aliphatic carbocycles. The van der Waals surface area contributed by atoms with Crippen molar-refractivity contribution in [1.82, 2.24) is 10.0 Å². The molecule has 0 spiro atoms. The minimum atomic E-state index is -3.34. The lowest BCUT2D eigenvalue weighted by Crippen LogP contribution is -2.40. The molecule has 0 bridgehead atoms. The van der Waals surface area contributed by atoms with E-state index in [1.807, 2.05) is 19.1 Å². The topological polar surface area (TPSA) is 58.2 Å². The number of benzene rings is 1. The van der Waals surface area contributed by atoms with Crippen LogP contribution in [0.3, 0.4) is 0 Å². The molecule has 4 nitrogen and oxygen atoms in total. The van der Waals surface area contributed by atoms with Crippen LogP contribution in [0.15, 0.2) is 24.3 Å². The van der Waals surface area contributed by atoms with E-state index in [1.165, 1.54) is 0 Å². The maximum atomic E-state index is 12.2. The summed E-state index contributed by atoms with van der Waals surface area (Å²) in [7, 11) is -3.34. The van der Waals surface area contributed by atoms with Crippen LogP contribution in [-0.4, -0.2) is 26.3 Å². The lowest BCUT2D eigenvalue weighted by molar-refractivity contribution is 0.544. The molecule has 1 fully saturated rings. The molecule has 0 aromatic heterocycles.